The summed E-state index contributed by atoms with van der Waals surface area (Å²) in [6.45, 7) is 4.48. The zero-order valence-electron chi connectivity index (χ0n) is 11.7. The lowest BCUT2D eigenvalue weighted by atomic mass is 10.1. The normalized spacial score (nSPS) is 12.6. The van der Waals surface area contributed by atoms with Crippen molar-refractivity contribution < 1.29 is 5.11 Å². The van der Waals surface area contributed by atoms with E-state index in [1.165, 1.54) is 5.56 Å². The van der Waals surface area contributed by atoms with Gasteiger partial charge in [0.15, 0.2) is 0 Å². The van der Waals surface area contributed by atoms with Gasteiger partial charge in [-0.25, -0.2) is 0 Å². The molecule has 0 heterocycles. The third-order valence-corrected chi connectivity index (χ3v) is 3.63. The van der Waals surface area contributed by atoms with Crippen molar-refractivity contribution in [1.29, 1.82) is 0 Å². The van der Waals surface area contributed by atoms with Crippen LogP contribution in [0.3, 0.4) is 0 Å². The van der Waals surface area contributed by atoms with E-state index in [-0.39, 0.29) is 0 Å². The molecule has 2 nitrogen and oxygen atoms in total. The summed E-state index contributed by atoms with van der Waals surface area (Å²) >= 11 is 5.86. The Kier molecular flexibility index (Phi) is 5.60. The van der Waals surface area contributed by atoms with Crippen LogP contribution in [0.25, 0.3) is 0 Å². The average molecular weight is 290 g/mol. The number of hydrogen-bond acceptors (Lipinski definition) is 2. The fraction of sp³-hybridized carbons (Fsp3) is 0.294. The third kappa shape index (κ3) is 4.34. The van der Waals surface area contributed by atoms with E-state index in [1.54, 1.807) is 0 Å². The van der Waals surface area contributed by atoms with Gasteiger partial charge in [-0.1, -0.05) is 61.0 Å². The molecule has 0 aliphatic carbocycles. The molecule has 2 aromatic carbocycles. The molecule has 0 bridgehead atoms. The topological polar surface area (TPSA) is 23.5 Å². The molecule has 0 amide bonds. The minimum absolute atomic E-state index is 0.490. The second-order valence-corrected chi connectivity index (χ2v) is 5.32. The first-order valence-corrected chi connectivity index (χ1v) is 7.26. The minimum Gasteiger partial charge on any atom is -0.387 e. The highest BCUT2D eigenvalue weighted by Crippen LogP contribution is 2.18. The minimum atomic E-state index is -0.490. The summed E-state index contributed by atoms with van der Waals surface area (Å²) in [5.41, 5.74) is 2.17. The van der Waals surface area contributed by atoms with E-state index in [4.69, 9.17) is 11.6 Å². The average Bonchev–Trinajstić information content (AvgIpc) is 2.48. The molecule has 0 aliphatic heterocycles. The van der Waals surface area contributed by atoms with Gasteiger partial charge in [-0.05, 0) is 29.8 Å². The van der Waals surface area contributed by atoms with Gasteiger partial charge < -0.3 is 5.11 Å². The molecule has 0 saturated heterocycles. The van der Waals surface area contributed by atoms with Crippen molar-refractivity contribution in [3.63, 3.8) is 0 Å². The number of nitrogens with zero attached hydrogens (tertiary/aromatic N) is 1. The van der Waals surface area contributed by atoms with Crippen molar-refractivity contribution >= 4 is 11.6 Å². The van der Waals surface area contributed by atoms with Crippen molar-refractivity contribution in [1.82, 2.24) is 4.90 Å². The van der Waals surface area contributed by atoms with Crippen LogP contribution < -0.4 is 0 Å². The predicted octanol–water partition coefficient (Wildman–Crippen LogP) is 3.90. The van der Waals surface area contributed by atoms with Crippen molar-refractivity contribution in [3.05, 3.63) is 70.7 Å². The highest BCUT2D eigenvalue weighted by atomic mass is 35.5. The number of halogens is 1. The zero-order valence-corrected chi connectivity index (χ0v) is 12.4. The van der Waals surface area contributed by atoms with Gasteiger partial charge in [0.25, 0.3) is 0 Å². The van der Waals surface area contributed by atoms with Crippen LogP contribution in [0.5, 0.6) is 0 Å². The molecule has 0 saturated carbocycles. The van der Waals surface area contributed by atoms with Crippen molar-refractivity contribution in [2.24, 2.45) is 0 Å². The molecular weight excluding hydrogens is 270 g/mol. The molecule has 0 spiro atoms. The van der Waals surface area contributed by atoms with E-state index in [0.717, 1.165) is 18.7 Å². The molecule has 0 radical (unpaired) electrons. The molecule has 1 unspecified atom stereocenters. The lowest BCUT2D eigenvalue weighted by molar-refractivity contribution is 0.112. The fourth-order valence-electron chi connectivity index (χ4n) is 2.18. The Bertz CT molecular complexity index is 512. The summed E-state index contributed by atoms with van der Waals surface area (Å²) < 4.78 is 0. The molecule has 20 heavy (non-hydrogen) atoms. The Balaban J connectivity index is 1.97. The molecule has 106 valence electrons. The quantitative estimate of drug-likeness (QED) is 0.872. The summed E-state index contributed by atoms with van der Waals surface area (Å²) in [6, 6.07) is 17.7. The van der Waals surface area contributed by atoms with Gasteiger partial charge in [0.2, 0.25) is 0 Å². The van der Waals surface area contributed by atoms with Gasteiger partial charge in [-0.3, -0.25) is 4.90 Å². The van der Waals surface area contributed by atoms with Crippen LogP contribution in [0.4, 0.5) is 0 Å². The van der Waals surface area contributed by atoms with E-state index in [0.29, 0.717) is 11.6 Å². The van der Waals surface area contributed by atoms with Crippen LogP contribution >= 0.6 is 11.6 Å². The van der Waals surface area contributed by atoms with Crippen molar-refractivity contribution in [2.75, 3.05) is 13.1 Å². The van der Waals surface area contributed by atoms with E-state index in [2.05, 4.69) is 24.0 Å². The van der Waals surface area contributed by atoms with Crippen LogP contribution in [-0.4, -0.2) is 23.1 Å². The molecule has 0 aromatic heterocycles. The van der Waals surface area contributed by atoms with E-state index in [1.807, 2.05) is 42.5 Å². The Morgan fingerprint density at radius 2 is 1.70 bits per heavy atom. The molecule has 0 aliphatic rings. The zero-order chi connectivity index (χ0) is 14.4. The van der Waals surface area contributed by atoms with E-state index >= 15 is 0 Å². The van der Waals surface area contributed by atoms with Gasteiger partial charge in [0.1, 0.15) is 0 Å². The monoisotopic (exact) mass is 289 g/mol. The van der Waals surface area contributed by atoms with Crippen LogP contribution in [0, 0.1) is 0 Å². The molecule has 2 aromatic rings. The number of aliphatic hydroxyl groups is 1. The predicted molar refractivity (Wildman–Crippen MR) is 83.8 cm³/mol. The van der Waals surface area contributed by atoms with Gasteiger partial charge in [-0.2, -0.15) is 0 Å². The highest BCUT2D eigenvalue weighted by molar-refractivity contribution is 6.30. The maximum atomic E-state index is 10.3. The number of rotatable bonds is 6. The van der Waals surface area contributed by atoms with Gasteiger partial charge in [0, 0.05) is 18.1 Å². The Labute approximate surface area is 125 Å². The van der Waals surface area contributed by atoms with Crippen molar-refractivity contribution in [3.8, 4) is 0 Å². The second kappa shape index (κ2) is 7.44. The fourth-order valence-corrected chi connectivity index (χ4v) is 2.31. The summed E-state index contributed by atoms with van der Waals surface area (Å²) in [7, 11) is 0. The van der Waals surface area contributed by atoms with Crippen LogP contribution in [-0.2, 0) is 6.54 Å². The molecule has 1 atom stereocenters. The van der Waals surface area contributed by atoms with Crippen LogP contribution in [0.2, 0.25) is 5.02 Å². The first kappa shape index (κ1) is 15.0. The summed E-state index contributed by atoms with van der Waals surface area (Å²) in [6.07, 6.45) is -0.490. The summed E-state index contributed by atoms with van der Waals surface area (Å²) in [4.78, 5) is 2.23. The molecule has 1 N–H and O–H groups in total. The number of hydrogen-bond donors (Lipinski definition) is 1. The molecular formula is C17H20ClNO. The van der Waals surface area contributed by atoms with Gasteiger partial charge in [-0.15, -0.1) is 0 Å². The smallest absolute Gasteiger partial charge is 0.0917 e. The van der Waals surface area contributed by atoms with Crippen molar-refractivity contribution in [2.45, 2.75) is 19.6 Å². The summed E-state index contributed by atoms with van der Waals surface area (Å²) in [5, 5.41) is 11.0. The number of likely N-dealkylation sites (N-methyl/N-ethyl adjacent to an activating group) is 1. The lowest BCUT2D eigenvalue weighted by Crippen LogP contribution is -2.28. The van der Waals surface area contributed by atoms with E-state index < -0.39 is 6.10 Å². The number of aliphatic hydroxyl groups excluding tert-OH is 1. The van der Waals surface area contributed by atoms with Crippen LogP contribution in [0.15, 0.2) is 54.6 Å². The lowest BCUT2D eigenvalue weighted by Gasteiger charge is -2.24. The maximum absolute atomic E-state index is 10.3. The highest BCUT2D eigenvalue weighted by Gasteiger charge is 2.12. The largest absolute Gasteiger partial charge is 0.387 e. The van der Waals surface area contributed by atoms with Crippen LogP contribution in [0.1, 0.15) is 24.2 Å². The third-order valence-electron chi connectivity index (χ3n) is 3.38. The maximum Gasteiger partial charge on any atom is 0.0917 e. The van der Waals surface area contributed by atoms with E-state index in [9.17, 15) is 5.11 Å². The standard InChI is InChI=1S/C17H20ClNO/c1-2-19(12-14-6-4-3-5-7-14)13-17(20)15-8-10-16(18)11-9-15/h3-11,17,20H,2,12-13H2,1H3. The Morgan fingerprint density at radius 3 is 2.30 bits per heavy atom. The first-order valence-electron chi connectivity index (χ1n) is 6.89. The SMILES string of the molecule is CCN(Cc1ccccc1)CC(O)c1ccc(Cl)cc1. The molecule has 3 heteroatoms. The summed E-state index contributed by atoms with van der Waals surface area (Å²) in [5.74, 6) is 0. The number of benzene rings is 2. The Morgan fingerprint density at radius 1 is 1.05 bits per heavy atom. The molecule has 0 fully saturated rings. The first-order chi connectivity index (χ1) is 9.69. The second-order valence-electron chi connectivity index (χ2n) is 4.88. The molecule has 2 rings (SSSR count). The Hall–Kier alpha value is -1.35. The van der Waals surface area contributed by atoms with Gasteiger partial charge >= 0.3 is 0 Å². The van der Waals surface area contributed by atoms with Gasteiger partial charge in [0.05, 0.1) is 6.10 Å².